The van der Waals surface area contributed by atoms with Gasteiger partial charge in [-0.3, -0.25) is 14.4 Å². The molecule has 0 aliphatic carbocycles. The fourth-order valence-electron chi connectivity index (χ4n) is 1.81. The molecule has 0 radical (unpaired) electrons. The van der Waals surface area contributed by atoms with E-state index in [1.54, 1.807) is 42.5 Å². The maximum absolute atomic E-state index is 11.8. The summed E-state index contributed by atoms with van der Waals surface area (Å²) in [5.74, 6) is -2.01. The van der Waals surface area contributed by atoms with Crippen LogP contribution in [0.2, 0.25) is 5.02 Å². The van der Waals surface area contributed by atoms with Gasteiger partial charge in [0.05, 0.1) is 6.21 Å². The van der Waals surface area contributed by atoms with Gasteiger partial charge in [0.15, 0.2) is 6.61 Å². The zero-order valence-corrected chi connectivity index (χ0v) is 14.2. The number of hydrazone groups is 1. The first-order valence-corrected chi connectivity index (χ1v) is 7.73. The van der Waals surface area contributed by atoms with Crippen molar-refractivity contribution < 1.29 is 19.1 Å². The fraction of sp³-hybridized carbons (Fsp3) is 0.0588. The number of carbonyl (C=O) groups excluding carboxylic acids is 3. The van der Waals surface area contributed by atoms with Gasteiger partial charge in [-0.1, -0.05) is 29.8 Å². The van der Waals surface area contributed by atoms with Gasteiger partial charge in [0.2, 0.25) is 0 Å². The van der Waals surface area contributed by atoms with Crippen molar-refractivity contribution in [3.05, 3.63) is 59.1 Å². The van der Waals surface area contributed by atoms with E-state index in [1.165, 1.54) is 12.3 Å². The van der Waals surface area contributed by atoms with E-state index < -0.39 is 17.7 Å². The summed E-state index contributed by atoms with van der Waals surface area (Å²) in [4.78, 5) is 34.2. The largest absolute Gasteiger partial charge is 0.484 e. The van der Waals surface area contributed by atoms with E-state index in [0.717, 1.165) is 0 Å². The Labute approximate surface area is 154 Å². The first-order valence-electron chi connectivity index (χ1n) is 7.35. The van der Waals surface area contributed by atoms with E-state index in [-0.39, 0.29) is 6.61 Å². The normalized spacial score (nSPS) is 10.3. The molecule has 0 unspecified atom stereocenters. The lowest BCUT2D eigenvalue weighted by Gasteiger charge is -2.05. The lowest BCUT2D eigenvalue weighted by atomic mass is 10.2. The number of primary amides is 1. The number of benzene rings is 2. The van der Waals surface area contributed by atoms with Crippen LogP contribution in [0.4, 0.5) is 5.69 Å². The van der Waals surface area contributed by atoms with Gasteiger partial charge >= 0.3 is 11.8 Å². The van der Waals surface area contributed by atoms with Crippen molar-refractivity contribution >= 4 is 41.2 Å². The number of carbonyl (C=O) groups is 3. The minimum atomic E-state index is -0.942. The van der Waals surface area contributed by atoms with Gasteiger partial charge in [-0.25, -0.2) is 5.43 Å². The van der Waals surface area contributed by atoms with Crippen molar-refractivity contribution in [1.29, 1.82) is 0 Å². The number of halogens is 1. The molecule has 0 heterocycles. The number of anilines is 1. The van der Waals surface area contributed by atoms with Crippen molar-refractivity contribution in [1.82, 2.24) is 5.43 Å². The molecule has 0 atom stereocenters. The number of rotatable bonds is 6. The summed E-state index contributed by atoms with van der Waals surface area (Å²) in [7, 11) is 0. The smallest absolute Gasteiger partial charge is 0.329 e. The van der Waals surface area contributed by atoms with Crippen molar-refractivity contribution in [3.63, 3.8) is 0 Å². The van der Waals surface area contributed by atoms with Crippen LogP contribution in [0.3, 0.4) is 0 Å². The molecular formula is C17H15ClN4O4. The maximum atomic E-state index is 11.8. The quantitative estimate of drug-likeness (QED) is 0.400. The Bertz CT molecular complexity index is 854. The Kier molecular flexibility index (Phi) is 6.69. The van der Waals surface area contributed by atoms with Gasteiger partial charge in [-0.2, -0.15) is 5.10 Å². The number of hydrogen-bond donors (Lipinski definition) is 3. The number of nitrogens with two attached hydrogens (primary N) is 1. The van der Waals surface area contributed by atoms with Gasteiger partial charge in [0, 0.05) is 10.7 Å². The number of ether oxygens (including phenoxy) is 1. The molecule has 26 heavy (non-hydrogen) atoms. The second-order valence-electron chi connectivity index (χ2n) is 4.99. The number of hydrogen-bond acceptors (Lipinski definition) is 5. The van der Waals surface area contributed by atoms with E-state index in [9.17, 15) is 14.4 Å². The van der Waals surface area contributed by atoms with E-state index in [1.807, 2.05) is 0 Å². The second-order valence-corrected chi connectivity index (χ2v) is 5.43. The molecular weight excluding hydrogens is 360 g/mol. The minimum absolute atomic E-state index is 0.249. The minimum Gasteiger partial charge on any atom is -0.484 e. The van der Waals surface area contributed by atoms with Gasteiger partial charge in [0.25, 0.3) is 5.91 Å². The average molecular weight is 375 g/mol. The third-order valence-electron chi connectivity index (χ3n) is 2.91. The summed E-state index contributed by atoms with van der Waals surface area (Å²) >= 11 is 5.80. The van der Waals surface area contributed by atoms with Gasteiger partial charge in [-0.15, -0.1) is 0 Å². The monoisotopic (exact) mass is 374 g/mol. The first-order chi connectivity index (χ1) is 12.4. The van der Waals surface area contributed by atoms with Crippen LogP contribution in [0, 0.1) is 0 Å². The van der Waals surface area contributed by atoms with E-state index in [4.69, 9.17) is 22.1 Å². The highest BCUT2D eigenvalue weighted by Crippen LogP contribution is 2.14. The standard InChI is InChI=1S/C17H15ClN4O4/c18-12-4-2-5-13(8-12)21-16(24)17(25)22-20-9-11-3-1-6-14(7-11)26-10-15(19)23/h1-9H,10H2,(H2,19,23)(H,21,24)(H,22,25). The SMILES string of the molecule is NC(=O)COc1cccc(C=NNC(=O)C(=O)Nc2cccc(Cl)c2)c1. The summed E-state index contributed by atoms with van der Waals surface area (Å²) in [6.45, 7) is -0.249. The molecule has 8 nitrogen and oxygen atoms in total. The average Bonchev–Trinajstić information content (AvgIpc) is 2.60. The van der Waals surface area contributed by atoms with Crippen LogP contribution in [0.25, 0.3) is 0 Å². The molecule has 134 valence electrons. The molecule has 0 fully saturated rings. The molecule has 0 bridgehead atoms. The topological polar surface area (TPSA) is 123 Å². The molecule has 9 heteroatoms. The third kappa shape index (κ3) is 6.25. The summed E-state index contributed by atoms with van der Waals surface area (Å²) in [6.07, 6.45) is 1.32. The lowest BCUT2D eigenvalue weighted by Crippen LogP contribution is -2.32. The summed E-state index contributed by atoms with van der Waals surface area (Å²) in [6, 6.07) is 13.0. The molecule has 0 saturated heterocycles. The first kappa shape index (κ1) is 18.9. The maximum Gasteiger partial charge on any atom is 0.329 e. The fourth-order valence-corrected chi connectivity index (χ4v) is 2.00. The third-order valence-corrected chi connectivity index (χ3v) is 3.14. The highest BCUT2D eigenvalue weighted by molar-refractivity contribution is 6.39. The number of amides is 3. The molecule has 2 aromatic carbocycles. The van der Waals surface area contributed by atoms with E-state index in [0.29, 0.717) is 22.0 Å². The molecule has 2 rings (SSSR count). The molecule has 0 aliphatic rings. The summed E-state index contributed by atoms with van der Waals surface area (Å²) in [5.41, 5.74) is 8.08. The Morgan fingerprint density at radius 1 is 1.12 bits per heavy atom. The van der Waals surface area contributed by atoms with Gasteiger partial charge in [0.1, 0.15) is 5.75 Å². The summed E-state index contributed by atoms with van der Waals surface area (Å²) < 4.78 is 5.15. The van der Waals surface area contributed by atoms with Crippen LogP contribution >= 0.6 is 11.6 Å². The predicted molar refractivity (Wildman–Crippen MR) is 96.9 cm³/mol. The molecule has 2 aromatic rings. The molecule has 0 aromatic heterocycles. The Morgan fingerprint density at radius 2 is 1.88 bits per heavy atom. The molecule has 0 saturated carbocycles. The summed E-state index contributed by atoms with van der Waals surface area (Å²) in [5, 5.41) is 6.52. The van der Waals surface area contributed by atoms with Crippen LogP contribution in [-0.4, -0.2) is 30.5 Å². The molecule has 4 N–H and O–H groups in total. The van der Waals surface area contributed by atoms with Crippen LogP contribution in [-0.2, 0) is 14.4 Å². The number of nitrogens with zero attached hydrogens (tertiary/aromatic N) is 1. The van der Waals surface area contributed by atoms with Gasteiger partial charge in [-0.05, 0) is 35.9 Å². The molecule has 0 aliphatic heterocycles. The lowest BCUT2D eigenvalue weighted by molar-refractivity contribution is -0.136. The van der Waals surface area contributed by atoms with Crippen LogP contribution < -0.4 is 21.2 Å². The highest BCUT2D eigenvalue weighted by Gasteiger charge is 2.12. The van der Waals surface area contributed by atoms with Crippen molar-refractivity contribution in [3.8, 4) is 5.75 Å². The second kappa shape index (κ2) is 9.19. The van der Waals surface area contributed by atoms with E-state index in [2.05, 4.69) is 15.8 Å². The zero-order valence-electron chi connectivity index (χ0n) is 13.4. The van der Waals surface area contributed by atoms with Crippen molar-refractivity contribution in [2.24, 2.45) is 10.8 Å². The number of nitrogens with one attached hydrogen (secondary N) is 2. The van der Waals surface area contributed by atoms with Crippen LogP contribution in [0.5, 0.6) is 5.75 Å². The van der Waals surface area contributed by atoms with Crippen LogP contribution in [0.1, 0.15) is 5.56 Å². The molecule has 3 amide bonds. The van der Waals surface area contributed by atoms with Crippen molar-refractivity contribution in [2.45, 2.75) is 0 Å². The van der Waals surface area contributed by atoms with Crippen molar-refractivity contribution in [2.75, 3.05) is 11.9 Å². The van der Waals surface area contributed by atoms with Crippen LogP contribution in [0.15, 0.2) is 53.6 Å². The highest BCUT2D eigenvalue weighted by atomic mass is 35.5. The van der Waals surface area contributed by atoms with Gasteiger partial charge < -0.3 is 15.8 Å². The molecule has 0 spiro atoms. The Balaban J connectivity index is 1.89. The Morgan fingerprint density at radius 3 is 2.62 bits per heavy atom. The zero-order chi connectivity index (χ0) is 18.9. The van der Waals surface area contributed by atoms with E-state index >= 15 is 0 Å². The Hall–Kier alpha value is -3.39. The predicted octanol–water partition coefficient (Wildman–Crippen LogP) is 1.29.